The summed E-state index contributed by atoms with van der Waals surface area (Å²) < 4.78 is 16.1. The molecule has 5 rings (SSSR count). The molecule has 1 aliphatic carbocycles. The van der Waals surface area contributed by atoms with Gasteiger partial charge in [0, 0.05) is 23.5 Å². The van der Waals surface area contributed by atoms with E-state index in [0.717, 1.165) is 29.7 Å². The average molecular weight is 469 g/mol. The van der Waals surface area contributed by atoms with Gasteiger partial charge >= 0.3 is 0 Å². The van der Waals surface area contributed by atoms with Crippen molar-refractivity contribution in [2.75, 3.05) is 11.9 Å². The number of amides is 2. The van der Waals surface area contributed by atoms with Gasteiger partial charge in [-0.25, -0.2) is 9.37 Å². The molecule has 7 heteroatoms. The molecule has 35 heavy (non-hydrogen) atoms. The van der Waals surface area contributed by atoms with E-state index in [9.17, 15) is 14.0 Å². The molecular formula is C28H25FN4O2. The van der Waals surface area contributed by atoms with Crippen LogP contribution in [-0.4, -0.2) is 38.9 Å². The van der Waals surface area contributed by atoms with Gasteiger partial charge in [-0.15, -0.1) is 0 Å². The molecule has 4 aromatic rings. The number of nitrogens with one attached hydrogen (secondary N) is 1. The number of halogens is 1. The van der Waals surface area contributed by atoms with Crippen LogP contribution in [0, 0.1) is 12.7 Å². The third-order valence-corrected chi connectivity index (χ3v) is 6.01. The maximum atomic E-state index is 14.2. The molecule has 1 aromatic heterocycles. The van der Waals surface area contributed by atoms with Crippen molar-refractivity contribution in [3.8, 4) is 16.9 Å². The molecule has 6 nitrogen and oxygen atoms in total. The second-order valence-electron chi connectivity index (χ2n) is 8.71. The molecule has 176 valence electrons. The summed E-state index contributed by atoms with van der Waals surface area (Å²) in [5.41, 5.74) is 3.57. The van der Waals surface area contributed by atoms with Crippen LogP contribution in [-0.2, 0) is 4.79 Å². The minimum Gasteiger partial charge on any atom is -0.326 e. The van der Waals surface area contributed by atoms with E-state index in [2.05, 4.69) is 10.3 Å². The Morgan fingerprint density at radius 1 is 1.00 bits per heavy atom. The van der Waals surface area contributed by atoms with Crippen LogP contribution in [0.5, 0.6) is 0 Å². The molecule has 0 atom stereocenters. The van der Waals surface area contributed by atoms with Crippen LogP contribution >= 0.6 is 0 Å². The first-order chi connectivity index (χ1) is 17.0. The van der Waals surface area contributed by atoms with E-state index < -0.39 is 11.7 Å². The van der Waals surface area contributed by atoms with Crippen LogP contribution in [0.25, 0.3) is 16.9 Å². The van der Waals surface area contributed by atoms with Gasteiger partial charge in [0.2, 0.25) is 11.9 Å². The predicted molar refractivity (Wildman–Crippen MR) is 133 cm³/mol. The topological polar surface area (TPSA) is 67.2 Å². The third-order valence-electron chi connectivity index (χ3n) is 6.01. The number of aryl methyl sites for hydroxylation is 1. The van der Waals surface area contributed by atoms with Crippen molar-refractivity contribution in [1.29, 1.82) is 0 Å². The molecular weight excluding hydrogens is 443 g/mol. The van der Waals surface area contributed by atoms with Crippen molar-refractivity contribution in [3.05, 3.63) is 102 Å². The summed E-state index contributed by atoms with van der Waals surface area (Å²) in [4.78, 5) is 32.3. The molecule has 1 N–H and O–H groups in total. The molecule has 3 aromatic carbocycles. The first-order valence-corrected chi connectivity index (χ1v) is 11.6. The molecule has 1 fully saturated rings. The minimum absolute atomic E-state index is 0.0280. The largest absolute Gasteiger partial charge is 0.326 e. The van der Waals surface area contributed by atoms with Gasteiger partial charge in [-0.3, -0.25) is 19.5 Å². The lowest BCUT2D eigenvalue weighted by atomic mass is 10.2. The molecule has 2 amide bonds. The second kappa shape index (κ2) is 9.54. The lowest BCUT2D eigenvalue weighted by Gasteiger charge is -2.22. The fraction of sp³-hybridized carbons (Fsp3) is 0.179. The SMILES string of the molecule is Cc1ccc(-n2cc(-c3ccccc3)nc2NC(=O)CN(C(=O)c2ccccc2F)C2CC2)cc1. The van der Waals surface area contributed by atoms with Crippen molar-refractivity contribution in [2.45, 2.75) is 25.8 Å². The van der Waals surface area contributed by atoms with Crippen LogP contribution in [0.4, 0.5) is 10.3 Å². The lowest BCUT2D eigenvalue weighted by molar-refractivity contribution is -0.117. The summed E-state index contributed by atoms with van der Waals surface area (Å²) in [6.07, 6.45) is 3.46. The van der Waals surface area contributed by atoms with E-state index in [-0.39, 0.29) is 24.1 Å². The summed E-state index contributed by atoms with van der Waals surface area (Å²) in [5.74, 6) is -1.11. The molecule has 0 spiro atoms. The highest BCUT2D eigenvalue weighted by molar-refractivity contribution is 5.99. The summed E-state index contributed by atoms with van der Waals surface area (Å²) in [5, 5.41) is 2.87. The minimum atomic E-state index is -0.592. The number of hydrogen-bond acceptors (Lipinski definition) is 3. The zero-order valence-electron chi connectivity index (χ0n) is 19.3. The van der Waals surface area contributed by atoms with Gasteiger partial charge in [0.15, 0.2) is 0 Å². The molecule has 0 bridgehead atoms. The van der Waals surface area contributed by atoms with Crippen molar-refractivity contribution in [2.24, 2.45) is 0 Å². The van der Waals surface area contributed by atoms with E-state index in [0.29, 0.717) is 11.6 Å². The zero-order valence-corrected chi connectivity index (χ0v) is 19.3. The number of carbonyl (C=O) groups is 2. The number of benzene rings is 3. The van der Waals surface area contributed by atoms with Crippen molar-refractivity contribution in [3.63, 3.8) is 0 Å². The van der Waals surface area contributed by atoms with Crippen LogP contribution in [0.15, 0.2) is 85.1 Å². The summed E-state index contributed by atoms with van der Waals surface area (Å²) in [7, 11) is 0. The van der Waals surface area contributed by atoms with Gasteiger partial charge in [0.05, 0.1) is 11.3 Å². The van der Waals surface area contributed by atoms with Gasteiger partial charge in [-0.05, 0) is 44.0 Å². The summed E-state index contributed by atoms with van der Waals surface area (Å²) in [6, 6.07) is 23.4. The van der Waals surface area contributed by atoms with Crippen LogP contribution in [0.3, 0.4) is 0 Å². The van der Waals surface area contributed by atoms with Crippen LogP contribution < -0.4 is 5.32 Å². The maximum Gasteiger partial charge on any atom is 0.257 e. The number of rotatable bonds is 7. The highest BCUT2D eigenvalue weighted by Gasteiger charge is 2.35. The summed E-state index contributed by atoms with van der Waals surface area (Å²) >= 11 is 0. The molecule has 0 radical (unpaired) electrons. The Morgan fingerprint density at radius 2 is 1.69 bits per heavy atom. The first kappa shape index (κ1) is 22.5. The van der Waals surface area contributed by atoms with Crippen molar-refractivity contribution < 1.29 is 14.0 Å². The Morgan fingerprint density at radius 3 is 2.37 bits per heavy atom. The first-order valence-electron chi connectivity index (χ1n) is 11.6. The molecule has 1 saturated carbocycles. The fourth-order valence-corrected chi connectivity index (χ4v) is 3.98. The van der Waals surface area contributed by atoms with E-state index in [1.807, 2.05) is 72.3 Å². The van der Waals surface area contributed by atoms with Crippen LogP contribution in [0.2, 0.25) is 0 Å². The Hall–Kier alpha value is -4.26. The molecule has 1 aliphatic rings. The Kier molecular flexibility index (Phi) is 6.14. The highest BCUT2D eigenvalue weighted by atomic mass is 19.1. The third kappa shape index (κ3) is 4.99. The quantitative estimate of drug-likeness (QED) is 0.404. The smallest absolute Gasteiger partial charge is 0.257 e. The fourth-order valence-electron chi connectivity index (χ4n) is 3.98. The van der Waals surface area contributed by atoms with Gasteiger partial charge in [0.25, 0.3) is 5.91 Å². The Labute approximate surface area is 203 Å². The number of anilines is 1. The maximum absolute atomic E-state index is 14.2. The number of hydrogen-bond donors (Lipinski definition) is 1. The molecule has 0 saturated heterocycles. The van der Waals surface area contributed by atoms with E-state index in [1.165, 1.54) is 23.1 Å². The van der Waals surface area contributed by atoms with Gasteiger partial charge < -0.3 is 4.90 Å². The predicted octanol–water partition coefficient (Wildman–Crippen LogP) is 5.23. The molecule has 1 heterocycles. The van der Waals surface area contributed by atoms with E-state index in [1.54, 1.807) is 6.07 Å². The van der Waals surface area contributed by atoms with Gasteiger partial charge in [-0.2, -0.15) is 0 Å². The molecule has 0 unspecified atom stereocenters. The molecule has 0 aliphatic heterocycles. The standard InChI is InChI=1S/C28H25FN4O2/c1-19-11-13-22(14-12-19)33-17-25(20-7-3-2-4-8-20)30-28(33)31-26(34)18-32(21-15-16-21)27(35)23-9-5-6-10-24(23)29/h2-14,17,21H,15-16,18H2,1H3,(H,30,31,34). The Balaban J connectivity index is 1.42. The normalized spacial score (nSPS) is 12.9. The monoisotopic (exact) mass is 468 g/mol. The highest BCUT2D eigenvalue weighted by Crippen LogP contribution is 2.29. The van der Waals surface area contributed by atoms with Crippen molar-refractivity contribution in [1.82, 2.24) is 14.5 Å². The Bertz CT molecular complexity index is 1360. The number of nitrogens with zero attached hydrogens (tertiary/aromatic N) is 3. The average Bonchev–Trinajstić information content (AvgIpc) is 3.63. The number of carbonyl (C=O) groups excluding carboxylic acids is 2. The summed E-state index contributed by atoms with van der Waals surface area (Å²) in [6.45, 7) is 1.83. The zero-order chi connectivity index (χ0) is 24.4. The van der Waals surface area contributed by atoms with Crippen LogP contribution in [0.1, 0.15) is 28.8 Å². The second-order valence-corrected chi connectivity index (χ2v) is 8.71. The number of imidazole rings is 1. The van der Waals surface area contributed by atoms with E-state index in [4.69, 9.17) is 0 Å². The lowest BCUT2D eigenvalue weighted by Crippen LogP contribution is -2.40. The van der Waals surface area contributed by atoms with Gasteiger partial charge in [-0.1, -0.05) is 60.2 Å². The van der Waals surface area contributed by atoms with E-state index >= 15 is 0 Å². The van der Waals surface area contributed by atoms with Gasteiger partial charge in [0.1, 0.15) is 12.4 Å². The number of aromatic nitrogens is 2. The van der Waals surface area contributed by atoms with Crippen molar-refractivity contribution >= 4 is 17.8 Å².